The molecular weight excluding hydrogens is 459 g/mol. The first-order valence-corrected chi connectivity index (χ1v) is 12.7. The van der Waals surface area contributed by atoms with Gasteiger partial charge in [-0.05, 0) is 68.6 Å². The van der Waals surface area contributed by atoms with Gasteiger partial charge >= 0.3 is 6.03 Å². The van der Waals surface area contributed by atoms with Gasteiger partial charge in [-0.25, -0.2) is 14.6 Å². The number of hydrogen-bond acceptors (Lipinski definition) is 6. The summed E-state index contributed by atoms with van der Waals surface area (Å²) in [5.41, 5.74) is 11.7. The van der Waals surface area contributed by atoms with Crippen LogP contribution in [0.3, 0.4) is 0 Å². The summed E-state index contributed by atoms with van der Waals surface area (Å²) in [5, 5.41) is 3.29. The highest BCUT2D eigenvalue weighted by molar-refractivity contribution is 5.75. The predicted octanol–water partition coefficient (Wildman–Crippen LogP) is 3.41. The van der Waals surface area contributed by atoms with Crippen LogP contribution in [0, 0.1) is 12.7 Å². The summed E-state index contributed by atoms with van der Waals surface area (Å²) in [6.07, 6.45) is 4.46. The van der Waals surface area contributed by atoms with Crippen LogP contribution in [-0.4, -0.2) is 59.6 Å². The number of rotatable bonds is 5. The summed E-state index contributed by atoms with van der Waals surface area (Å²) in [4.78, 5) is 21.8. The number of halogens is 1. The van der Waals surface area contributed by atoms with E-state index in [1.807, 2.05) is 24.1 Å². The monoisotopic (exact) mass is 494 g/mol. The van der Waals surface area contributed by atoms with E-state index in [0.29, 0.717) is 30.9 Å². The zero-order valence-electron chi connectivity index (χ0n) is 21.2. The van der Waals surface area contributed by atoms with Crippen molar-refractivity contribution in [1.29, 1.82) is 0 Å². The number of aromatic nitrogens is 1. The van der Waals surface area contributed by atoms with Crippen molar-refractivity contribution >= 4 is 6.03 Å². The number of ether oxygens (including phenoxy) is 1. The van der Waals surface area contributed by atoms with Crippen molar-refractivity contribution in [2.24, 2.45) is 0 Å². The Morgan fingerprint density at radius 3 is 2.97 bits per heavy atom. The third kappa shape index (κ3) is 4.90. The Hall–Kier alpha value is -3.17. The minimum absolute atomic E-state index is 0.00197. The number of nitrogens with zero attached hydrogens (tertiary/aromatic N) is 3. The van der Waals surface area contributed by atoms with E-state index >= 15 is 0 Å². The van der Waals surface area contributed by atoms with E-state index in [1.165, 1.54) is 17.3 Å². The van der Waals surface area contributed by atoms with E-state index < -0.39 is 0 Å². The second-order valence-corrected chi connectivity index (χ2v) is 9.94. The lowest BCUT2D eigenvalue weighted by Gasteiger charge is -2.41. The Kier molecular flexibility index (Phi) is 7.11. The number of carbonyl (C=O) groups is 1. The summed E-state index contributed by atoms with van der Waals surface area (Å²) >= 11 is 0. The lowest BCUT2D eigenvalue weighted by atomic mass is 9.95. The highest BCUT2D eigenvalue weighted by atomic mass is 19.1. The maximum Gasteiger partial charge on any atom is 0.317 e. The molecule has 3 unspecified atom stereocenters. The molecule has 0 radical (unpaired) electrons. The van der Waals surface area contributed by atoms with Gasteiger partial charge in [0.1, 0.15) is 11.6 Å². The highest BCUT2D eigenvalue weighted by Crippen LogP contribution is 2.32. The molecule has 36 heavy (non-hydrogen) atoms. The minimum atomic E-state index is -0.261. The van der Waals surface area contributed by atoms with Crippen LogP contribution in [0.15, 0.2) is 47.8 Å². The van der Waals surface area contributed by atoms with E-state index in [0.717, 1.165) is 37.1 Å². The predicted molar refractivity (Wildman–Crippen MR) is 136 cm³/mol. The summed E-state index contributed by atoms with van der Waals surface area (Å²) < 4.78 is 19.9. The highest BCUT2D eigenvalue weighted by Gasteiger charge is 2.35. The molecule has 9 heteroatoms. The molecule has 1 aromatic carbocycles. The molecule has 0 saturated carbocycles. The van der Waals surface area contributed by atoms with Gasteiger partial charge in [0.05, 0.1) is 13.2 Å². The third-order valence-electron chi connectivity index (χ3n) is 7.72. The largest absolute Gasteiger partial charge is 0.496 e. The molecule has 1 fully saturated rings. The van der Waals surface area contributed by atoms with Crippen LogP contribution in [0.25, 0.3) is 0 Å². The normalized spacial score (nSPS) is 24.3. The van der Waals surface area contributed by atoms with Crippen LogP contribution in [-0.2, 0) is 6.54 Å². The number of likely N-dealkylation sites (tertiary alicyclic amines) is 1. The van der Waals surface area contributed by atoms with Gasteiger partial charge in [0.15, 0.2) is 0 Å². The van der Waals surface area contributed by atoms with Crippen molar-refractivity contribution in [2.75, 3.05) is 26.7 Å². The molecule has 0 spiro atoms. The standard InChI is InChI=1S/C27H35FN6O2/c1-17-14-19(9-11-29-17)26-21-16-34(13-10-24(21)31-32-26)27(35)30-23-7-5-12-33(18(23)2)15-20-22(28)6-4-8-25(20)36-3/h4,6,8-9,11,14,18,23,26,31-32H,5,7,10,12-13,15-16H2,1-3H3,(H,30,35). The maximum atomic E-state index is 14.6. The van der Waals surface area contributed by atoms with Crippen LogP contribution in [0.2, 0.25) is 0 Å². The number of carbonyl (C=O) groups excluding carboxylic acids is 1. The Labute approximate surface area is 211 Å². The number of nitrogens with one attached hydrogen (secondary N) is 3. The fourth-order valence-corrected chi connectivity index (χ4v) is 5.61. The first kappa shape index (κ1) is 24.5. The summed E-state index contributed by atoms with van der Waals surface area (Å²) in [6.45, 7) is 6.64. The van der Waals surface area contributed by atoms with Crippen molar-refractivity contribution in [3.05, 3.63) is 70.4 Å². The van der Waals surface area contributed by atoms with Crippen molar-refractivity contribution in [3.8, 4) is 5.75 Å². The number of hydrogen-bond donors (Lipinski definition) is 3. The number of benzene rings is 1. The molecule has 0 bridgehead atoms. The van der Waals surface area contributed by atoms with E-state index in [4.69, 9.17) is 4.74 Å². The summed E-state index contributed by atoms with van der Waals surface area (Å²) in [6, 6.07) is 9.08. The first-order valence-electron chi connectivity index (χ1n) is 12.7. The lowest BCUT2D eigenvalue weighted by molar-refractivity contribution is 0.111. The number of urea groups is 1. The fraction of sp³-hybridized carbons (Fsp3) is 0.481. The van der Waals surface area contributed by atoms with Gasteiger partial charge < -0.3 is 20.4 Å². The SMILES string of the molecule is COc1cccc(F)c1CN1CCCC(NC(=O)N2CCC3=C(C2)C(c2ccnc(C)c2)NN3)C1C. The molecule has 5 rings (SSSR count). The molecule has 3 N–H and O–H groups in total. The van der Waals surface area contributed by atoms with Crippen molar-refractivity contribution in [2.45, 2.75) is 57.8 Å². The average Bonchev–Trinajstić information content (AvgIpc) is 3.31. The van der Waals surface area contributed by atoms with Gasteiger partial charge in [0.2, 0.25) is 0 Å². The Morgan fingerprint density at radius 1 is 1.31 bits per heavy atom. The van der Waals surface area contributed by atoms with Crippen molar-refractivity contribution < 1.29 is 13.9 Å². The molecule has 3 aliphatic rings. The van der Waals surface area contributed by atoms with Crippen LogP contribution in [0.1, 0.15) is 49.0 Å². The Balaban J connectivity index is 1.23. The van der Waals surface area contributed by atoms with E-state index in [-0.39, 0.29) is 30.0 Å². The van der Waals surface area contributed by atoms with Crippen molar-refractivity contribution in [3.63, 3.8) is 0 Å². The molecule has 4 heterocycles. The van der Waals surface area contributed by atoms with E-state index in [9.17, 15) is 9.18 Å². The number of piperidine rings is 1. The smallest absolute Gasteiger partial charge is 0.317 e. The third-order valence-corrected chi connectivity index (χ3v) is 7.72. The van der Waals surface area contributed by atoms with E-state index in [2.05, 4.69) is 39.0 Å². The molecule has 3 atom stereocenters. The zero-order chi connectivity index (χ0) is 25.2. The minimum Gasteiger partial charge on any atom is -0.496 e. The number of methoxy groups -OCH3 is 1. The van der Waals surface area contributed by atoms with Crippen LogP contribution >= 0.6 is 0 Å². The molecule has 8 nitrogen and oxygen atoms in total. The average molecular weight is 495 g/mol. The van der Waals surface area contributed by atoms with Crippen LogP contribution in [0.5, 0.6) is 5.75 Å². The van der Waals surface area contributed by atoms with Gasteiger partial charge in [-0.2, -0.15) is 0 Å². The first-order chi connectivity index (χ1) is 17.4. The second-order valence-electron chi connectivity index (χ2n) is 9.94. The van der Waals surface area contributed by atoms with Gasteiger partial charge in [-0.15, -0.1) is 0 Å². The molecule has 1 aromatic heterocycles. The topological polar surface area (TPSA) is 81.8 Å². The molecule has 192 valence electrons. The molecule has 0 aliphatic carbocycles. The fourth-order valence-electron chi connectivity index (χ4n) is 5.61. The summed E-state index contributed by atoms with van der Waals surface area (Å²) in [7, 11) is 1.57. The molecule has 1 saturated heterocycles. The van der Waals surface area contributed by atoms with Gasteiger partial charge in [0, 0.05) is 61.3 Å². The van der Waals surface area contributed by atoms with Crippen molar-refractivity contribution in [1.82, 2.24) is 31.0 Å². The number of aryl methyl sites for hydroxylation is 1. The summed E-state index contributed by atoms with van der Waals surface area (Å²) in [5.74, 6) is 0.298. The number of amides is 2. The van der Waals surface area contributed by atoms with Gasteiger partial charge in [-0.3, -0.25) is 9.88 Å². The molecule has 3 aliphatic heterocycles. The van der Waals surface area contributed by atoms with Crippen LogP contribution in [0.4, 0.5) is 9.18 Å². The number of pyridine rings is 1. The zero-order valence-corrected chi connectivity index (χ0v) is 21.2. The Morgan fingerprint density at radius 2 is 2.17 bits per heavy atom. The van der Waals surface area contributed by atoms with E-state index in [1.54, 1.807) is 19.2 Å². The van der Waals surface area contributed by atoms with Gasteiger partial charge in [0.25, 0.3) is 0 Å². The Bertz CT molecular complexity index is 1150. The maximum absolute atomic E-state index is 14.6. The number of hydrazine groups is 1. The quantitative estimate of drug-likeness (QED) is 0.591. The molecule has 2 amide bonds. The molecule has 2 aromatic rings. The lowest BCUT2D eigenvalue weighted by Crippen LogP contribution is -2.56. The van der Waals surface area contributed by atoms with Gasteiger partial charge in [-0.1, -0.05) is 6.07 Å². The molecular formula is C27H35FN6O2. The second kappa shape index (κ2) is 10.4. The van der Waals surface area contributed by atoms with Crippen LogP contribution < -0.4 is 20.9 Å².